The standard InChI is InChI=1S/C30H47NO11/c1-10-11-14-36-28(33)40-22(9)21(8)37-27(32)24(31)15-23-12-13-25(41-29(34)38-19(6)17(2)3)26(16-23)42-30(35)39-20(7)18(4)5/h12-13,16-22,24H,10-11,14-15,31H2,1-9H3/t19?,20?,21-,22-,24-/m0/s1. The minimum absolute atomic E-state index is 0.0111. The Morgan fingerprint density at radius 1 is 0.690 bits per heavy atom. The van der Waals surface area contributed by atoms with Crippen LogP contribution in [0.4, 0.5) is 14.4 Å². The molecule has 42 heavy (non-hydrogen) atoms. The summed E-state index contributed by atoms with van der Waals surface area (Å²) >= 11 is 0. The van der Waals surface area contributed by atoms with Gasteiger partial charge in [0, 0.05) is 0 Å². The van der Waals surface area contributed by atoms with Gasteiger partial charge in [0.2, 0.25) is 0 Å². The van der Waals surface area contributed by atoms with E-state index in [9.17, 15) is 19.2 Å². The maximum atomic E-state index is 12.7. The molecular weight excluding hydrogens is 550 g/mol. The average molecular weight is 598 g/mol. The molecule has 0 aromatic heterocycles. The van der Waals surface area contributed by atoms with E-state index in [1.54, 1.807) is 33.8 Å². The highest BCUT2D eigenvalue weighted by Crippen LogP contribution is 2.30. The predicted molar refractivity (Wildman–Crippen MR) is 153 cm³/mol. The summed E-state index contributed by atoms with van der Waals surface area (Å²) in [6.45, 7) is 16.3. The van der Waals surface area contributed by atoms with Crippen LogP contribution in [-0.2, 0) is 34.9 Å². The van der Waals surface area contributed by atoms with Crippen molar-refractivity contribution in [2.24, 2.45) is 17.6 Å². The third-order valence-corrected chi connectivity index (χ3v) is 6.56. The second kappa shape index (κ2) is 18.1. The van der Waals surface area contributed by atoms with Crippen molar-refractivity contribution in [3.63, 3.8) is 0 Å². The van der Waals surface area contributed by atoms with E-state index in [1.165, 1.54) is 12.1 Å². The van der Waals surface area contributed by atoms with Gasteiger partial charge in [0.15, 0.2) is 11.5 Å². The van der Waals surface area contributed by atoms with Gasteiger partial charge < -0.3 is 38.9 Å². The summed E-state index contributed by atoms with van der Waals surface area (Å²) in [6.07, 6.45) is -3.67. The SMILES string of the molecule is CCCCOC(=O)O[C@@H](C)[C@H](C)OC(=O)[C@@H](N)Cc1ccc(OC(=O)OC(C)C(C)C)c(OC(=O)OC(C)C(C)C)c1. The van der Waals surface area contributed by atoms with Crippen LogP contribution in [0.5, 0.6) is 11.5 Å². The van der Waals surface area contributed by atoms with Crippen molar-refractivity contribution in [1.29, 1.82) is 0 Å². The quantitative estimate of drug-likeness (QED) is 0.110. The number of nitrogens with two attached hydrogens (primary N) is 1. The van der Waals surface area contributed by atoms with E-state index in [0.29, 0.717) is 12.0 Å². The van der Waals surface area contributed by atoms with Crippen LogP contribution in [0, 0.1) is 11.8 Å². The summed E-state index contributed by atoms with van der Waals surface area (Å²) in [4.78, 5) is 49.2. The maximum absolute atomic E-state index is 12.7. The monoisotopic (exact) mass is 597 g/mol. The fourth-order valence-electron chi connectivity index (χ4n) is 2.93. The molecule has 12 heteroatoms. The predicted octanol–water partition coefficient (Wildman–Crippen LogP) is 5.95. The highest BCUT2D eigenvalue weighted by molar-refractivity contribution is 5.76. The minimum atomic E-state index is -1.11. The van der Waals surface area contributed by atoms with E-state index in [0.717, 1.165) is 6.42 Å². The molecule has 0 heterocycles. The first-order valence-corrected chi connectivity index (χ1v) is 14.3. The lowest BCUT2D eigenvalue weighted by Crippen LogP contribution is -2.39. The number of esters is 1. The first-order valence-electron chi connectivity index (χ1n) is 14.3. The van der Waals surface area contributed by atoms with Crippen molar-refractivity contribution in [3.05, 3.63) is 23.8 Å². The lowest BCUT2D eigenvalue weighted by Gasteiger charge is -2.22. The third-order valence-electron chi connectivity index (χ3n) is 6.56. The van der Waals surface area contributed by atoms with Crippen molar-refractivity contribution < 1.29 is 52.3 Å². The molecule has 2 N–H and O–H groups in total. The zero-order chi connectivity index (χ0) is 32.0. The molecule has 0 aliphatic carbocycles. The van der Waals surface area contributed by atoms with Gasteiger partial charge in [0.25, 0.3) is 0 Å². The zero-order valence-corrected chi connectivity index (χ0v) is 26.2. The summed E-state index contributed by atoms with van der Waals surface area (Å²) in [7, 11) is 0. The Kier molecular flexibility index (Phi) is 15.7. The molecule has 2 unspecified atom stereocenters. The number of ether oxygens (including phenoxy) is 7. The van der Waals surface area contributed by atoms with Crippen LogP contribution < -0.4 is 15.2 Å². The normalized spacial score (nSPS) is 14.7. The lowest BCUT2D eigenvalue weighted by atomic mass is 10.1. The van der Waals surface area contributed by atoms with Gasteiger partial charge in [-0.15, -0.1) is 0 Å². The number of carbonyl (C=O) groups excluding carboxylic acids is 4. The van der Waals surface area contributed by atoms with Gasteiger partial charge in [0.05, 0.1) is 6.61 Å². The fraction of sp³-hybridized carbons (Fsp3) is 0.667. The molecule has 0 saturated heterocycles. The summed E-state index contributed by atoms with van der Waals surface area (Å²) in [5.41, 5.74) is 6.57. The van der Waals surface area contributed by atoms with Gasteiger partial charge in [-0.2, -0.15) is 0 Å². The first kappa shape index (κ1) is 36.5. The molecule has 0 spiro atoms. The molecule has 0 radical (unpaired) electrons. The number of carbonyl (C=O) groups is 4. The molecular formula is C30H47NO11. The van der Waals surface area contributed by atoms with Gasteiger partial charge in [-0.3, -0.25) is 4.79 Å². The van der Waals surface area contributed by atoms with Crippen LogP contribution in [0.2, 0.25) is 0 Å². The largest absolute Gasteiger partial charge is 0.514 e. The molecule has 0 aliphatic rings. The first-order chi connectivity index (χ1) is 19.6. The van der Waals surface area contributed by atoms with Gasteiger partial charge in [0.1, 0.15) is 30.5 Å². The molecule has 1 rings (SSSR count). The Hall–Kier alpha value is -3.54. The molecule has 5 atom stereocenters. The van der Waals surface area contributed by atoms with Crippen LogP contribution in [-0.4, -0.2) is 61.5 Å². The summed E-state index contributed by atoms with van der Waals surface area (Å²) in [5.74, 6) is -0.855. The maximum Gasteiger partial charge on any atom is 0.514 e. The molecule has 238 valence electrons. The van der Waals surface area contributed by atoms with Crippen LogP contribution in [0.1, 0.15) is 80.7 Å². The molecule has 0 aliphatic heterocycles. The lowest BCUT2D eigenvalue weighted by molar-refractivity contribution is -0.155. The van der Waals surface area contributed by atoms with E-state index >= 15 is 0 Å². The molecule has 12 nitrogen and oxygen atoms in total. The van der Waals surface area contributed by atoms with Crippen LogP contribution in [0.25, 0.3) is 0 Å². The highest BCUT2D eigenvalue weighted by atomic mass is 16.8. The summed E-state index contributed by atoms with van der Waals surface area (Å²) < 4.78 is 36.7. The number of benzene rings is 1. The van der Waals surface area contributed by atoms with Gasteiger partial charge >= 0.3 is 24.4 Å². The highest BCUT2D eigenvalue weighted by Gasteiger charge is 2.26. The van der Waals surface area contributed by atoms with Crippen molar-refractivity contribution in [2.75, 3.05) is 6.61 Å². The van der Waals surface area contributed by atoms with E-state index in [2.05, 4.69) is 0 Å². The Bertz CT molecular complexity index is 1030. The van der Waals surface area contributed by atoms with Crippen molar-refractivity contribution in [2.45, 2.75) is 112 Å². The number of rotatable bonds is 15. The van der Waals surface area contributed by atoms with Crippen LogP contribution >= 0.6 is 0 Å². The van der Waals surface area contributed by atoms with Crippen molar-refractivity contribution in [3.8, 4) is 11.5 Å². The Morgan fingerprint density at radius 3 is 1.71 bits per heavy atom. The van der Waals surface area contributed by atoms with Crippen LogP contribution in [0.3, 0.4) is 0 Å². The Balaban J connectivity index is 2.96. The number of hydrogen-bond acceptors (Lipinski definition) is 12. The number of unbranched alkanes of at least 4 members (excludes halogenated alkanes) is 1. The van der Waals surface area contributed by atoms with Crippen molar-refractivity contribution in [1.82, 2.24) is 0 Å². The summed E-state index contributed by atoms with van der Waals surface area (Å²) in [6, 6.07) is 3.24. The van der Waals surface area contributed by atoms with E-state index in [4.69, 9.17) is 38.9 Å². The van der Waals surface area contributed by atoms with Crippen LogP contribution in [0.15, 0.2) is 18.2 Å². The molecule has 0 amide bonds. The third kappa shape index (κ3) is 13.4. The van der Waals surface area contributed by atoms with Gasteiger partial charge in [-0.05, 0) is 70.1 Å². The minimum Gasteiger partial charge on any atom is -0.458 e. The van der Waals surface area contributed by atoms with Gasteiger partial charge in [-0.1, -0.05) is 47.1 Å². The smallest absolute Gasteiger partial charge is 0.458 e. The molecule has 0 fully saturated rings. The average Bonchev–Trinajstić information content (AvgIpc) is 2.89. The van der Waals surface area contributed by atoms with E-state index in [1.807, 2.05) is 34.6 Å². The Labute approximate surface area is 248 Å². The zero-order valence-electron chi connectivity index (χ0n) is 26.2. The number of hydrogen-bond donors (Lipinski definition) is 1. The van der Waals surface area contributed by atoms with Gasteiger partial charge in [-0.25, -0.2) is 14.4 Å². The molecule has 1 aromatic carbocycles. The fourth-order valence-corrected chi connectivity index (χ4v) is 2.93. The second-order valence-corrected chi connectivity index (χ2v) is 10.8. The molecule has 0 bridgehead atoms. The second-order valence-electron chi connectivity index (χ2n) is 10.8. The topological polar surface area (TPSA) is 159 Å². The molecule has 0 saturated carbocycles. The van der Waals surface area contributed by atoms with Crippen molar-refractivity contribution >= 4 is 24.4 Å². The summed E-state index contributed by atoms with van der Waals surface area (Å²) in [5, 5.41) is 0. The van der Waals surface area contributed by atoms with E-state index < -0.39 is 54.9 Å². The molecule has 1 aromatic rings. The van der Waals surface area contributed by atoms with E-state index in [-0.39, 0.29) is 36.4 Å². The Morgan fingerprint density at radius 2 is 1.19 bits per heavy atom.